The summed E-state index contributed by atoms with van der Waals surface area (Å²) in [6, 6.07) is 11.9. The van der Waals surface area contributed by atoms with Gasteiger partial charge in [-0.3, -0.25) is 0 Å². The molecule has 2 rings (SSSR count). The molecule has 0 saturated heterocycles. The van der Waals surface area contributed by atoms with E-state index in [4.69, 9.17) is 4.74 Å². The summed E-state index contributed by atoms with van der Waals surface area (Å²) < 4.78 is 5.32. The number of nitrogens with one attached hydrogen (secondary N) is 2. The van der Waals surface area contributed by atoms with Gasteiger partial charge in [0, 0.05) is 38.4 Å². The lowest BCUT2D eigenvalue weighted by molar-refractivity contribution is 0.147. The van der Waals surface area contributed by atoms with E-state index >= 15 is 0 Å². The van der Waals surface area contributed by atoms with Crippen molar-refractivity contribution in [3.63, 3.8) is 0 Å². The summed E-state index contributed by atoms with van der Waals surface area (Å²) >= 11 is 0. The largest absolute Gasteiger partial charge is 0.382 e. The number of aromatic nitrogens is 2. The Morgan fingerprint density at radius 2 is 1.86 bits per heavy atom. The molecule has 1 heterocycles. The van der Waals surface area contributed by atoms with E-state index in [-0.39, 0.29) is 0 Å². The lowest BCUT2D eigenvalue weighted by Crippen LogP contribution is -2.08. The van der Waals surface area contributed by atoms with Crippen LogP contribution in [0.15, 0.2) is 36.4 Å². The molecule has 0 fully saturated rings. The molecule has 112 valence electrons. The highest BCUT2D eigenvalue weighted by Crippen LogP contribution is 2.19. The van der Waals surface area contributed by atoms with Gasteiger partial charge in [-0.1, -0.05) is 30.3 Å². The van der Waals surface area contributed by atoms with Gasteiger partial charge in [0.2, 0.25) is 0 Å². The predicted molar refractivity (Wildman–Crippen MR) is 86.6 cm³/mol. The molecule has 21 heavy (non-hydrogen) atoms. The molecular formula is C16H22N4O. The van der Waals surface area contributed by atoms with E-state index in [0.29, 0.717) is 0 Å². The van der Waals surface area contributed by atoms with E-state index in [2.05, 4.69) is 20.6 Å². The van der Waals surface area contributed by atoms with E-state index in [1.165, 1.54) is 0 Å². The molecule has 1 aromatic heterocycles. The van der Waals surface area contributed by atoms with Gasteiger partial charge in [0.05, 0.1) is 0 Å². The average molecular weight is 286 g/mol. The van der Waals surface area contributed by atoms with E-state index in [9.17, 15) is 0 Å². The number of rotatable bonds is 8. The molecule has 0 bridgehead atoms. The molecule has 0 aliphatic rings. The molecule has 0 unspecified atom stereocenters. The van der Waals surface area contributed by atoms with Gasteiger partial charge in [0.1, 0.15) is 11.6 Å². The highest BCUT2D eigenvalue weighted by molar-refractivity contribution is 5.61. The highest BCUT2D eigenvalue weighted by Gasteiger charge is 2.05. The molecule has 1 aromatic carbocycles. The monoisotopic (exact) mass is 286 g/mol. The van der Waals surface area contributed by atoms with Crippen molar-refractivity contribution in [3.8, 4) is 11.4 Å². The molecule has 0 saturated carbocycles. The summed E-state index contributed by atoms with van der Waals surface area (Å²) in [5, 5.41) is 6.39. The van der Waals surface area contributed by atoms with Crippen molar-refractivity contribution in [3.05, 3.63) is 36.4 Å². The quantitative estimate of drug-likeness (QED) is 0.730. The van der Waals surface area contributed by atoms with Crippen LogP contribution in [0, 0.1) is 0 Å². The first-order chi connectivity index (χ1) is 10.3. The van der Waals surface area contributed by atoms with Crippen molar-refractivity contribution in [1.29, 1.82) is 0 Å². The second-order valence-corrected chi connectivity index (χ2v) is 4.56. The third kappa shape index (κ3) is 4.72. The summed E-state index contributed by atoms with van der Waals surface area (Å²) in [6.45, 7) is 4.35. The van der Waals surface area contributed by atoms with Crippen LogP contribution in [-0.4, -0.2) is 36.8 Å². The van der Waals surface area contributed by atoms with Crippen molar-refractivity contribution in [2.75, 3.05) is 37.4 Å². The first kappa shape index (κ1) is 15.3. The first-order valence-electron chi connectivity index (χ1n) is 7.27. The minimum absolute atomic E-state index is 0.717. The Hall–Kier alpha value is -2.14. The number of ether oxygens (including phenoxy) is 1. The van der Waals surface area contributed by atoms with E-state index < -0.39 is 0 Å². The summed E-state index contributed by atoms with van der Waals surface area (Å²) in [5.74, 6) is 2.34. The summed E-state index contributed by atoms with van der Waals surface area (Å²) in [4.78, 5) is 9.06. The molecule has 0 aliphatic heterocycles. The van der Waals surface area contributed by atoms with Crippen molar-refractivity contribution in [2.45, 2.75) is 13.3 Å². The average Bonchev–Trinajstić information content (AvgIpc) is 2.55. The van der Waals surface area contributed by atoms with Crippen molar-refractivity contribution < 1.29 is 4.74 Å². The fourth-order valence-electron chi connectivity index (χ4n) is 1.92. The highest BCUT2D eigenvalue weighted by atomic mass is 16.5. The summed E-state index contributed by atoms with van der Waals surface area (Å²) in [7, 11) is 1.86. The minimum atomic E-state index is 0.717. The molecule has 0 amide bonds. The van der Waals surface area contributed by atoms with Gasteiger partial charge in [0.15, 0.2) is 5.82 Å². The van der Waals surface area contributed by atoms with Crippen LogP contribution in [0.2, 0.25) is 0 Å². The molecule has 2 aromatic rings. The Morgan fingerprint density at radius 3 is 2.57 bits per heavy atom. The van der Waals surface area contributed by atoms with Crippen molar-refractivity contribution in [1.82, 2.24) is 9.97 Å². The maximum Gasteiger partial charge on any atom is 0.163 e. The zero-order valence-electron chi connectivity index (χ0n) is 12.6. The van der Waals surface area contributed by atoms with E-state index in [1.54, 1.807) is 0 Å². The fourth-order valence-corrected chi connectivity index (χ4v) is 1.92. The third-order valence-corrected chi connectivity index (χ3v) is 2.99. The van der Waals surface area contributed by atoms with E-state index in [1.807, 2.05) is 50.4 Å². The predicted octanol–water partition coefficient (Wildman–Crippen LogP) is 3.02. The van der Waals surface area contributed by atoms with Crippen LogP contribution in [0.4, 0.5) is 11.6 Å². The van der Waals surface area contributed by atoms with Gasteiger partial charge >= 0.3 is 0 Å². The van der Waals surface area contributed by atoms with Crippen LogP contribution in [0.25, 0.3) is 11.4 Å². The van der Waals surface area contributed by atoms with Crippen molar-refractivity contribution in [2.24, 2.45) is 0 Å². The Balaban J connectivity index is 2.07. The molecule has 0 aliphatic carbocycles. The fraction of sp³-hybridized carbons (Fsp3) is 0.375. The molecule has 0 atom stereocenters. The van der Waals surface area contributed by atoms with Gasteiger partial charge in [0.25, 0.3) is 0 Å². The zero-order valence-corrected chi connectivity index (χ0v) is 12.6. The standard InChI is InChI=1S/C16H22N4O/c1-3-21-11-7-10-18-15-12-14(17-2)19-16(20-15)13-8-5-4-6-9-13/h4-6,8-9,12H,3,7,10-11H2,1-2H3,(H2,17,18,19,20). The van der Waals surface area contributed by atoms with Crippen LogP contribution < -0.4 is 10.6 Å². The van der Waals surface area contributed by atoms with Gasteiger partial charge in [-0.05, 0) is 13.3 Å². The van der Waals surface area contributed by atoms with Crippen LogP contribution in [0.5, 0.6) is 0 Å². The molecular weight excluding hydrogens is 264 g/mol. The van der Waals surface area contributed by atoms with E-state index in [0.717, 1.165) is 49.2 Å². The Morgan fingerprint density at radius 1 is 1.10 bits per heavy atom. The van der Waals surface area contributed by atoms with Crippen LogP contribution in [-0.2, 0) is 4.74 Å². The molecule has 5 heteroatoms. The van der Waals surface area contributed by atoms with Crippen LogP contribution in [0.1, 0.15) is 13.3 Å². The first-order valence-corrected chi connectivity index (χ1v) is 7.27. The topological polar surface area (TPSA) is 59.1 Å². The van der Waals surface area contributed by atoms with Crippen LogP contribution >= 0.6 is 0 Å². The maximum absolute atomic E-state index is 5.32. The lowest BCUT2D eigenvalue weighted by Gasteiger charge is -2.10. The smallest absolute Gasteiger partial charge is 0.163 e. The van der Waals surface area contributed by atoms with Gasteiger partial charge in [-0.15, -0.1) is 0 Å². The Kier molecular flexibility index (Phi) is 5.97. The Bertz CT molecular complexity index is 545. The summed E-state index contributed by atoms with van der Waals surface area (Å²) in [5.41, 5.74) is 1.01. The van der Waals surface area contributed by atoms with Gasteiger partial charge < -0.3 is 15.4 Å². The normalized spacial score (nSPS) is 10.4. The second kappa shape index (κ2) is 8.21. The zero-order chi connectivity index (χ0) is 14.9. The lowest BCUT2D eigenvalue weighted by atomic mass is 10.2. The minimum Gasteiger partial charge on any atom is -0.382 e. The number of hydrogen-bond donors (Lipinski definition) is 2. The second-order valence-electron chi connectivity index (χ2n) is 4.56. The third-order valence-electron chi connectivity index (χ3n) is 2.99. The van der Waals surface area contributed by atoms with Gasteiger partial charge in [-0.25, -0.2) is 9.97 Å². The molecule has 2 N–H and O–H groups in total. The SMILES string of the molecule is CCOCCCNc1cc(NC)nc(-c2ccccc2)n1. The maximum atomic E-state index is 5.32. The van der Waals surface area contributed by atoms with Crippen LogP contribution in [0.3, 0.4) is 0 Å². The molecule has 0 radical (unpaired) electrons. The number of benzene rings is 1. The Labute approximate surface area is 125 Å². The number of hydrogen-bond acceptors (Lipinski definition) is 5. The molecule has 0 spiro atoms. The van der Waals surface area contributed by atoms with Crippen molar-refractivity contribution >= 4 is 11.6 Å². The number of nitrogens with zero attached hydrogens (tertiary/aromatic N) is 2. The van der Waals surface area contributed by atoms with Gasteiger partial charge in [-0.2, -0.15) is 0 Å². The number of anilines is 2. The molecule has 5 nitrogen and oxygen atoms in total. The summed E-state index contributed by atoms with van der Waals surface area (Å²) in [6.07, 6.45) is 0.952.